The van der Waals surface area contributed by atoms with Crippen molar-refractivity contribution in [1.82, 2.24) is 5.32 Å². The second-order valence-corrected chi connectivity index (χ2v) is 6.33. The molecule has 1 aromatic carbocycles. The van der Waals surface area contributed by atoms with Crippen LogP contribution in [0.25, 0.3) is 0 Å². The highest BCUT2D eigenvalue weighted by molar-refractivity contribution is 9.10. The average Bonchev–Trinajstić information content (AvgIpc) is 2.33. The summed E-state index contributed by atoms with van der Waals surface area (Å²) in [7, 11) is 0. The van der Waals surface area contributed by atoms with Crippen molar-refractivity contribution in [2.24, 2.45) is 0 Å². The van der Waals surface area contributed by atoms with Crippen LogP contribution in [0.15, 0.2) is 27.6 Å². The lowest BCUT2D eigenvalue weighted by Gasteiger charge is -2.21. The molecule has 0 bridgehead atoms. The lowest BCUT2D eigenvalue weighted by Crippen LogP contribution is -2.41. The summed E-state index contributed by atoms with van der Waals surface area (Å²) in [5, 5.41) is 12.1. The number of aliphatic hydroxyl groups is 1. The molecular formula is C12H16BrNO2S2. The summed E-state index contributed by atoms with van der Waals surface area (Å²) in [6, 6.07) is 5.21. The van der Waals surface area contributed by atoms with E-state index in [2.05, 4.69) is 33.9 Å². The molecule has 3 nitrogen and oxygen atoms in total. The molecular weight excluding hydrogens is 334 g/mol. The van der Waals surface area contributed by atoms with Crippen LogP contribution in [0.5, 0.6) is 0 Å². The molecule has 2 unspecified atom stereocenters. The summed E-state index contributed by atoms with van der Waals surface area (Å²) in [5.74, 6) is -0.169. The third kappa shape index (κ3) is 4.19. The minimum atomic E-state index is -0.169. The molecule has 1 rings (SSSR count). The fourth-order valence-electron chi connectivity index (χ4n) is 1.50. The Hall–Kier alpha value is -0.170. The quantitative estimate of drug-likeness (QED) is 0.716. The minimum Gasteiger partial charge on any atom is -0.395 e. The molecule has 0 spiro atoms. The van der Waals surface area contributed by atoms with Crippen LogP contribution in [-0.2, 0) is 0 Å². The van der Waals surface area contributed by atoms with Gasteiger partial charge in [-0.3, -0.25) is 4.79 Å². The van der Waals surface area contributed by atoms with Gasteiger partial charge >= 0.3 is 0 Å². The number of hydrogen-bond donors (Lipinski definition) is 3. The van der Waals surface area contributed by atoms with Crippen molar-refractivity contribution < 1.29 is 9.90 Å². The van der Waals surface area contributed by atoms with Crippen molar-refractivity contribution in [3.63, 3.8) is 0 Å². The van der Waals surface area contributed by atoms with E-state index in [4.69, 9.17) is 0 Å². The molecule has 0 aliphatic rings. The van der Waals surface area contributed by atoms with Crippen LogP contribution in [0.1, 0.15) is 17.3 Å². The summed E-state index contributed by atoms with van der Waals surface area (Å²) >= 11 is 9.09. The van der Waals surface area contributed by atoms with E-state index in [0.717, 1.165) is 9.37 Å². The van der Waals surface area contributed by atoms with Gasteiger partial charge in [0.15, 0.2) is 0 Å². The number of carbonyl (C=O) groups is 1. The molecule has 0 saturated carbocycles. The molecule has 2 atom stereocenters. The zero-order valence-electron chi connectivity index (χ0n) is 10.2. The molecule has 18 heavy (non-hydrogen) atoms. The average molecular weight is 350 g/mol. The minimum absolute atomic E-state index is 0.00749. The van der Waals surface area contributed by atoms with Crippen molar-refractivity contribution >= 4 is 46.2 Å². The second-order valence-electron chi connectivity index (χ2n) is 3.88. The van der Waals surface area contributed by atoms with E-state index in [-0.39, 0.29) is 23.8 Å². The number of rotatable bonds is 5. The number of aliphatic hydroxyl groups excluding tert-OH is 1. The summed E-state index contributed by atoms with van der Waals surface area (Å²) in [6.07, 6.45) is 1.91. The van der Waals surface area contributed by atoms with Crippen LogP contribution in [-0.4, -0.2) is 35.2 Å². The predicted molar refractivity (Wildman–Crippen MR) is 82.7 cm³/mol. The van der Waals surface area contributed by atoms with Gasteiger partial charge in [-0.05, 0) is 47.3 Å². The van der Waals surface area contributed by atoms with Gasteiger partial charge in [0.1, 0.15) is 0 Å². The smallest absolute Gasteiger partial charge is 0.252 e. The molecule has 0 fully saturated rings. The first-order valence-electron chi connectivity index (χ1n) is 5.42. The highest BCUT2D eigenvalue weighted by Gasteiger charge is 2.19. The number of thiol groups is 1. The van der Waals surface area contributed by atoms with Gasteiger partial charge in [-0.15, -0.1) is 12.6 Å². The molecule has 0 aliphatic heterocycles. The first-order valence-corrected chi connectivity index (χ1v) is 7.95. The zero-order valence-corrected chi connectivity index (χ0v) is 13.5. The van der Waals surface area contributed by atoms with Crippen molar-refractivity contribution in [3.05, 3.63) is 28.2 Å². The van der Waals surface area contributed by atoms with E-state index in [1.807, 2.05) is 19.2 Å². The summed E-state index contributed by atoms with van der Waals surface area (Å²) < 4.78 is 0.731. The first kappa shape index (κ1) is 15.9. The van der Waals surface area contributed by atoms with Crippen LogP contribution in [0.4, 0.5) is 0 Å². The molecule has 2 N–H and O–H groups in total. The van der Waals surface area contributed by atoms with Crippen LogP contribution in [0.3, 0.4) is 0 Å². The number of hydrogen-bond acceptors (Lipinski definition) is 4. The van der Waals surface area contributed by atoms with Gasteiger partial charge in [0.05, 0.1) is 12.2 Å². The fraction of sp³-hybridized carbons (Fsp3) is 0.417. The van der Waals surface area contributed by atoms with Crippen LogP contribution >= 0.6 is 40.3 Å². The maximum absolute atomic E-state index is 12.1. The Balaban J connectivity index is 2.79. The first-order chi connectivity index (χ1) is 8.49. The molecule has 100 valence electrons. The zero-order chi connectivity index (χ0) is 13.7. The normalized spacial score (nSPS) is 14.1. The molecule has 1 aromatic rings. The second kappa shape index (κ2) is 7.43. The Morgan fingerprint density at radius 2 is 2.28 bits per heavy atom. The van der Waals surface area contributed by atoms with Gasteiger partial charge in [0.2, 0.25) is 0 Å². The SMILES string of the molecule is CSC(CO)C(C)NC(=O)c1cc(S)ccc1Br. The van der Waals surface area contributed by atoms with Gasteiger partial charge in [0, 0.05) is 20.7 Å². The maximum atomic E-state index is 12.1. The van der Waals surface area contributed by atoms with E-state index in [1.54, 1.807) is 12.1 Å². The van der Waals surface area contributed by atoms with Crippen molar-refractivity contribution in [3.8, 4) is 0 Å². The molecule has 0 aromatic heterocycles. The highest BCUT2D eigenvalue weighted by Crippen LogP contribution is 2.20. The van der Waals surface area contributed by atoms with Crippen LogP contribution in [0.2, 0.25) is 0 Å². The number of thioether (sulfide) groups is 1. The lowest BCUT2D eigenvalue weighted by atomic mass is 10.2. The standard InChI is InChI=1S/C12H16BrNO2S2/c1-7(11(6-15)18-2)14-12(16)9-5-8(17)3-4-10(9)13/h3-5,7,11,15,17H,6H2,1-2H3,(H,14,16). The Labute approximate surface area is 125 Å². The Morgan fingerprint density at radius 1 is 1.61 bits per heavy atom. The van der Waals surface area contributed by atoms with Crippen molar-refractivity contribution in [2.75, 3.05) is 12.9 Å². The summed E-state index contributed by atoms with van der Waals surface area (Å²) in [5.41, 5.74) is 0.548. The number of halogens is 1. The largest absolute Gasteiger partial charge is 0.395 e. The fourth-order valence-corrected chi connectivity index (χ4v) is 2.76. The van der Waals surface area contributed by atoms with Crippen LogP contribution in [0, 0.1) is 0 Å². The molecule has 6 heteroatoms. The predicted octanol–water partition coefficient (Wildman–Crippen LogP) is 2.58. The van der Waals surface area contributed by atoms with Gasteiger partial charge < -0.3 is 10.4 Å². The van der Waals surface area contributed by atoms with Gasteiger partial charge in [-0.25, -0.2) is 0 Å². The third-order valence-electron chi connectivity index (χ3n) is 2.59. The Kier molecular flexibility index (Phi) is 6.55. The monoisotopic (exact) mass is 349 g/mol. The van der Waals surface area contributed by atoms with Gasteiger partial charge in [-0.1, -0.05) is 0 Å². The molecule has 0 saturated heterocycles. The number of benzene rings is 1. The summed E-state index contributed by atoms with van der Waals surface area (Å²) in [6.45, 7) is 1.92. The van der Waals surface area contributed by atoms with E-state index in [1.165, 1.54) is 11.8 Å². The number of carbonyl (C=O) groups excluding carboxylic acids is 1. The highest BCUT2D eigenvalue weighted by atomic mass is 79.9. The number of nitrogens with one attached hydrogen (secondary N) is 1. The summed E-state index contributed by atoms with van der Waals surface area (Å²) in [4.78, 5) is 12.8. The molecule has 0 heterocycles. The third-order valence-corrected chi connectivity index (χ3v) is 4.73. The van der Waals surface area contributed by atoms with Gasteiger partial charge in [0.25, 0.3) is 5.91 Å². The maximum Gasteiger partial charge on any atom is 0.252 e. The van der Waals surface area contributed by atoms with E-state index in [0.29, 0.717) is 5.56 Å². The topological polar surface area (TPSA) is 49.3 Å². The van der Waals surface area contributed by atoms with E-state index < -0.39 is 0 Å². The molecule has 0 radical (unpaired) electrons. The van der Waals surface area contributed by atoms with Crippen molar-refractivity contribution in [1.29, 1.82) is 0 Å². The molecule has 0 aliphatic carbocycles. The molecule has 1 amide bonds. The van der Waals surface area contributed by atoms with E-state index in [9.17, 15) is 9.90 Å². The van der Waals surface area contributed by atoms with Crippen LogP contribution < -0.4 is 5.32 Å². The van der Waals surface area contributed by atoms with Gasteiger partial charge in [-0.2, -0.15) is 11.8 Å². The van der Waals surface area contributed by atoms with Crippen molar-refractivity contribution in [2.45, 2.75) is 23.1 Å². The number of amides is 1. The van der Waals surface area contributed by atoms with E-state index >= 15 is 0 Å². The Morgan fingerprint density at radius 3 is 2.83 bits per heavy atom. The lowest BCUT2D eigenvalue weighted by molar-refractivity contribution is 0.0935. The Bertz CT molecular complexity index is 425.